The van der Waals surface area contributed by atoms with Crippen molar-refractivity contribution in [3.05, 3.63) is 30.0 Å². The Balaban J connectivity index is 2.00. The highest BCUT2D eigenvalue weighted by Gasteiger charge is 2.47. The molecule has 1 atom stereocenters. The molecule has 0 radical (unpaired) electrons. The third-order valence-electron chi connectivity index (χ3n) is 5.18. The topological polar surface area (TPSA) is 45.3 Å². The molecule has 1 N–H and O–H groups in total. The SMILES string of the molecule is CCC1(C)CC(C)(C)CN1C(=O)c1cc2c(OC)cccc2[nH]1. The first-order valence-electron chi connectivity index (χ1n) is 8.27. The lowest BCUT2D eigenvalue weighted by Crippen LogP contribution is -2.44. The number of carbonyl (C=O) groups is 1. The van der Waals surface area contributed by atoms with Crippen LogP contribution in [0.25, 0.3) is 10.9 Å². The van der Waals surface area contributed by atoms with Gasteiger partial charge in [0.25, 0.3) is 5.91 Å². The van der Waals surface area contributed by atoms with Crippen LogP contribution >= 0.6 is 0 Å². The van der Waals surface area contributed by atoms with Gasteiger partial charge in [0.1, 0.15) is 11.4 Å². The first-order chi connectivity index (χ1) is 10.8. The van der Waals surface area contributed by atoms with Crippen LogP contribution in [-0.2, 0) is 0 Å². The molecule has 4 heteroatoms. The molecular formula is C19H26N2O2. The van der Waals surface area contributed by atoms with Crippen molar-refractivity contribution >= 4 is 16.8 Å². The van der Waals surface area contributed by atoms with Gasteiger partial charge in [-0.15, -0.1) is 0 Å². The molecule has 2 aromatic rings. The molecule has 1 amide bonds. The number of aromatic amines is 1. The number of H-pyrrole nitrogens is 1. The van der Waals surface area contributed by atoms with Gasteiger partial charge in [-0.2, -0.15) is 0 Å². The van der Waals surface area contributed by atoms with Crippen LogP contribution in [0.4, 0.5) is 0 Å². The zero-order valence-corrected chi connectivity index (χ0v) is 14.7. The molecule has 1 fully saturated rings. The maximum Gasteiger partial charge on any atom is 0.270 e. The average Bonchev–Trinajstić information content (AvgIpc) is 3.05. The Morgan fingerprint density at radius 1 is 1.35 bits per heavy atom. The Kier molecular flexibility index (Phi) is 3.66. The second-order valence-electron chi connectivity index (χ2n) is 7.69. The van der Waals surface area contributed by atoms with Crippen LogP contribution in [0.2, 0.25) is 0 Å². The third kappa shape index (κ3) is 2.60. The lowest BCUT2D eigenvalue weighted by molar-refractivity contribution is 0.0608. The number of aromatic nitrogens is 1. The molecule has 3 rings (SSSR count). The molecular weight excluding hydrogens is 288 g/mol. The highest BCUT2D eigenvalue weighted by atomic mass is 16.5. The van der Waals surface area contributed by atoms with Crippen molar-refractivity contribution in [2.75, 3.05) is 13.7 Å². The van der Waals surface area contributed by atoms with Gasteiger partial charge in [0.15, 0.2) is 0 Å². The number of carbonyl (C=O) groups excluding carboxylic acids is 1. The average molecular weight is 314 g/mol. The molecule has 124 valence electrons. The van der Waals surface area contributed by atoms with E-state index in [2.05, 4.69) is 32.7 Å². The van der Waals surface area contributed by atoms with Crippen LogP contribution < -0.4 is 4.74 Å². The summed E-state index contributed by atoms with van der Waals surface area (Å²) in [6.45, 7) is 9.63. The number of ether oxygens (including phenoxy) is 1. The van der Waals surface area contributed by atoms with Gasteiger partial charge in [0, 0.05) is 23.0 Å². The van der Waals surface area contributed by atoms with Gasteiger partial charge < -0.3 is 14.6 Å². The van der Waals surface area contributed by atoms with Gasteiger partial charge in [0.05, 0.1) is 7.11 Å². The molecule has 0 aliphatic carbocycles. The molecule has 1 aromatic heterocycles. The molecule has 0 bridgehead atoms. The molecule has 1 aliphatic rings. The molecule has 1 aromatic carbocycles. The van der Waals surface area contributed by atoms with Gasteiger partial charge in [-0.05, 0) is 43.4 Å². The number of fused-ring (bicyclic) bond motifs is 1. The molecule has 4 nitrogen and oxygen atoms in total. The summed E-state index contributed by atoms with van der Waals surface area (Å²) >= 11 is 0. The highest BCUT2D eigenvalue weighted by Crippen LogP contribution is 2.43. The summed E-state index contributed by atoms with van der Waals surface area (Å²) < 4.78 is 5.40. The van der Waals surface area contributed by atoms with Crippen LogP contribution in [-0.4, -0.2) is 35.0 Å². The first kappa shape index (κ1) is 15.9. The predicted molar refractivity (Wildman–Crippen MR) is 93.0 cm³/mol. The fourth-order valence-corrected chi connectivity index (χ4v) is 4.00. The van der Waals surface area contributed by atoms with E-state index in [0.717, 1.165) is 36.0 Å². The summed E-state index contributed by atoms with van der Waals surface area (Å²) in [7, 11) is 1.65. The minimum atomic E-state index is -0.0814. The van der Waals surface area contributed by atoms with Gasteiger partial charge in [0.2, 0.25) is 0 Å². The third-order valence-corrected chi connectivity index (χ3v) is 5.18. The molecule has 1 unspecified atom stereocenters. The van der Waals surface area contributed by atoms with E-state index in [1.165, 1.54) is 0 Å². The normalized spacial score (nSPS) is 23.4. The van der Waals surface area contributed by atoms with E-state index in [1.807, 2.05) is 29.2 Å². The van der Waals surface area contributed by atoms with E-state index in [-0.39, 0.29) is 16.9 Å². The fraction of sp³-hybridized carbons (Fsp3) is 0.526. The smallest absolute Gasteiger partial charge is 0.270 e. The van der Waals surface area contributed by atoms with Crippen molar-refractivity contribution < 1.29 is 9.53 Å². The maximum atomic E-state index is 13.1. The van der Waals surface area contributed by atoms with Crippen molar-refractivity contribution in [3.8, 4) is 5.75 Å². The zero-order chi connectivity index (χ0) is 16.8. The molecule has 1 saturated heterocycles. The number of methoxy groups -OCH3 is 1. The molecule has 0 spiro atoms. The van der Waals surface area contributed by atoms with E-state index in [1.54, 1.807) is 7.11 Å². The first-order valence-corrected chi connectivity index (χ1v) is 8.27. The number of nitrogens with zero attached hydrogens (tertiary/aromatic N) is 1. The van der Waals surface area contributed by atoms with Crippen LogP contribution in [0.3, 0.4) is 0 Å². The molecule has 1 aliphatic heterocycles. The monoisotopic (exact) mass is 314 g/mol. The number of hydrogen-bond donors (Lipinski definition) is 1. The van der Waals surface area contributed by atoms with E-state index in [9.17, 15) is 4.79 Å². The maximum absolute atomic E-state index is 13.1. The lowest BCUT2D eigenvalue weighted by atomic mass is 9.83. The summed E-state index contributed by atoms with van der Waals surface area (Å²) in [6.07, 6.45) is 2.00. The summed E-state index contributed by atoms with van der Waals surface area (Å²) in [5, 5.41) is 0.954. The van der Waals surface area contributed by atoms with Crippen molar-refractivity contribution in [1.29, 1.82) is 0 Å². The standard InChI is InChI=1S/C19H26N2O2/c1-6-19(4)11-18(2,3)12-21(19)17(22)15-10-13-14(20-15)8-7-9-16(13)23-5/h7-10,20H,6,11-12H2,1-5H3. The van der Waals surface area contributed by atoms with E-state index >= 15 is 0 Å². The summed E-state index contributed by atoms with van der Waals surface area (Å²) in [5.41, 5.74) is 1.65. The largest absolute Gasteiger partial charge is 0.496 e. The highest BCUT2D eigenvalue weighted by molar-refractivity contribution is 6.00. The Morgan fingerprint density at radius 2 is 2.09 bits per heavy atom. The minimum Gasteiger partial charge on any atom is -0.496 e. The Morgan fingerprint density at radius 3 is 2.74 bits per heavy atom. The number of amides is 1. The van der Waals surface area contributed by atoms with Gasteiger partial charge in [-0.3, -0.25) is 4.79 Å². The number of nitrogens with one attached hydrogen (secondary N) is 1. The summed E-state index contributed by atoms with van der Waals surface area (Å²) in [6, 6.07) is 7.74. The summed E-state index contributed by atoms with van der Waals surface area (Å²) in [5.74, 6) is 0.871. The van der Waals surface area contributed by atoms with Gasteiger partial charge in [-0.25, -0.2) is 0 Å². The number of benzene rings is 1. The Bertz CT molecular complexity index is 747. The number of hydrogen-bond acceptors (Lipinski definition) is 2. The van der Waals surface area contributed by atoms with Crippen molar-refractivity contribution in [1.82, 2.24) is 9.88 Å². The van der Waals surface area contributed by atoms with Crippen molar-refractivity contribution in [3.63, 3.8) is 0 Å². The molecule has 0 saturated carbocycles. The van der Waals surface area contributed by atoms with Crippen LogP contribution in [0.5, 0.6) is 5.75 Å². The van der Waals surface area contributed by atoms with Gasteiger partial charge in [-0.1, -0.05) is 26.8 Å². The zero-order valence-electron chi connectivity index (χ0n) is 14.7. The quantitative estimate of drug-likeness (QED) is 0.922. The van der Waals surface area contributed by atoms with Crippen molar-refractivity contribution in [2.45, 2.75) is 46.1 Å². The predicted octanol–water partition coefficient (Wildman–Crippen LogP) is 4.22. The fourth-order valence-electron chi connectivity index (χ4n) is 4.00. The van der Waals surface area contributed by atoms with E-state index < -0.39 is 0 Å². The number of rotatable bonds is 3. The lowest BCUT2D eigenvalue weighted by Gasteiger charge is -2.34. The Labute approximate surface area is 137 Å². The van der Waals surface area contributed by atoms with Crippen LogP contribution in [0.15, 0.2) is 24.3 Å². The van der Waals surface area contributed by atoms with E-state index in [4.69, 9.17) is 4.74 Å². The second-order valence-corrected chi connectivity index (χ2v) is 7.69. The van der Waals surface area contributed by atoms with Gasteiger partial charge >= 0.3 is 0 Å². The van der Waals surface area contributed by atoms with Crippen molar-refractivity contribution in [2.24, 2.45) is 5.41 Å². The Hall–Kier alpha value is -1.97. The molecule has 23 heavy (non-hydrogen) atoms. The summed E-state index contributed by atoms with van der Waals surface area (Å²) in [4.78, 5) is 18.4. The van der Waals surface area contributed by atoms with Crippen LogP contribution in [0, 0.1) is 5.41 Å². The minimum absolute atomic E-state index is 0.0814. The molecule has 2 heterocycles. The second kappa shape index (κ2) is 5.29. The van der Waals surface area contributed by atoms with E-state index in [0.29, 0.717) is 5.69 Å². The van der Waals surface area contributed by atoms with Crippen LogP contribution in [0.1, 0.15) is 51.0 Å². The number of likely N-dealkylation sites (tertiary alicyclic amines) is 1.